The highest BCUT2D eigenvalue weighted by Crippen LogP contribution is 2.32. The first-order chi connectivity index (χ1) is 3.72. The second-order valence-electron chi connectivity index (χ2n) is 2.66. The van der Waals surface area contributed by atoms with Crippen LogP contribution in [0.2, 0.25) is 0 Å². The maximum atomic E-state index is 8.91. The van der Waals surface area contributed by atoms with Crippen molar-refractivity contribution in [2.45, 2.75) is 31.9 Å². The van der Waals surface area contributed by atoms with Crippen LogP contribution in [0, 0.1) is 5.92 Å². The fourth-order valence-electron chi connectivity index (χ4n) is 0.875. The van der Waals surface area contributed by atoms with Crippen LogP contribution in [0.5, 0.6) is 0 Å². The zero-order valence-corrected chi connectivity index (χ0v) is 5.17. The Kier molecular flexibility index (Phi) is 1.54. The van der Waals surface area contributed by atoms with E-state index >= 15 is 0 Å². The van der Waals surface area contributed by atoms with Gasteiger partial charge in [0.15, 0.2) is 0 Å². The number of hydrogen-bond donors (Lipinski definition) is 2. The van der Waals surface area contributed by atoms with Gasteiger partial charge in [0.25, 0.3) is 0 Å². The molecular weight excluding hydrogens is 102 g/mol. The molecule has 48 valence electrons. The number of aliphatic hydroxyl groups excluding tert-OH is 1. The second-order valence-corrected chi connectivity index (χ2v) is 2.66. The van der Waals surface area contributed by atoms with Gasteiger partial charge in [-0.1, -0.05) is 0 Å². The second kappa shape index (κ2) is 2.03. The summed E-state index contributed by atoms with van der Waals surface area (Å²) in [6.07, 6.45) is 2.11. The Morgan fingerprint density at radius 2 is 2.12 bits per heavy atom. The van der Waals surface area contributed by atoms with Gasteiger partial charge in [-0.15, -0.1) is 0 Å². The SMILES string of the molecule is C[C@@H](O)[C@@H](N)C1CC1. The first-order valence-electron chi connectivity index (χ1n) is 3.15. The molecule has 0 spiro atoms. The molecule has 1 aliphatic rings. The first-order valence-corrected chi connectivity index (χ1v) is 3.15. The van der Waals surface area contributed by atoms with Crippen molar-refractivity contribution in [3.8, 4) is 0 Å². The normalized spacial score (nSPS) is 27.4. The van der Waals surface area contributed by atoms with Gasteiger partial charge >= 0.3 is 0 Å². The topological polar surface area (TPSA) is 46.2 Å². The number of rotatable bonds is 2. The van der Waals surface area contributed by atoms with Crippen molar-refractivity contribution in [2.24, 2.45) is 11.7 Å². The van der Waals surface area contributed by atoms with Crippen molar-refractivity contribution in [3.63, 3.8) is 0 Å². The predicted molar refractivity (Wildman–Crippen MR) is 32.4 cm³/mol. The summed E-state index contributed by atoms with van der Waals surface area (Å²) < 4.78 is 0. The molecule has 0 aromatic rings. The monoisotopic (exact) mass is 115 g/mol. The zero-order valence-electron chi connectivity index (χ0n) is 5.17. The minimum absolute atomic E-state index is 0.0370. The van der Waals surface area contributed by atoms with Gasteiger partial charge in [-0.2, -0.15) is 0 Å². The fraction of sp³-hybridized carbons (Fsp3) is 1.00. The molecule has 1 fully saturated rings. The van der Waals surface area contributed by atoms with Crippen LogP contribution in [0.4, 0.5) is 0 Å². The van der Waals surface area contributed by atoms with Crippen LogP contribution >= 0.6 is 0 Å². The number of hydrogen-bond acceptors (Lipinski definition) is 2. The molecule has 0 bridgehead atoms. The molecule has 1 aliphatic carbocycles. The molecule has 2 atom stereocenters. The van der Waals surface area contributed by atoms with E-state index in [9.17, 15) is 0 Å². The molecule has 0 radical (unpaired) electrons. The molecule has 2 heteroatoms. The van der Waals surface area contributed by atoms with Crippen molar-refractivity contribution in [2.75, 3.05) is 0 Å². The number of aliphatic hydroxyl groups is 1. The van der Waals surface area contributed by atoms with E-state index in [0.29, 0.717) is 5.92 Å². The Morgan fingerprint density at radius 1 is 1.62 bits per heavy atom. The quantitative estimate of drug-likeness (QED) is 0.536. The third-order valence-electron chi connectivity index (χ3n) is 1.72. The predicted octanol–water partition coefficient (Wildman–Crippen LogP) is 0.104. The average Bonchev–Trinajstić information content (AvgIpc) is 2.43. The lowest BCUT2D eigenvalue weighted by Crippen LogP contribution is -2.34. The summed E-state index contributed by atoms with van der Waals surface area (Å²) in [5, 5.41) is 8.91. The Labute approximate surface area is 49.7 Å². The van der Waals surface area contributed by atoms with E-state index in [1.165, 1.54) is 12.8 Å². The minimum Gasteiger partial charge on any atom is -0.392 e. The van der Waals surface area contributed by atoms with Crippen molar-refractivity contribution in [3.05, 3.63) is 0 Å². The Balaban J connectivity index is 2.22. The van der Waals surface area contributed by atoms with Crippen LogP contribution in [-0.4, -0.2) is 17.3 Å². The fourth-order valence-corrected chi connectivity index (χ4v) is 0.875. The summed E-state index contributed by atoms with van der Waals surface area (Å²) in [7, 11) is 0. The van der Waals surface area contributed by atoms with Gasteiger partial charge in [0.05, 0.1) is 6.10 Å². The zero-order chi connectivity index (χ0) is 6.15. The lowest BCUT2D eigenvalue weighted by atomic mass is 10.1. The molecule has 0 unspecified atom stereocenters. The third-order valence-corrected chi connectivity index (χ3v) is 1.72. The molecule has 0 saturated heterocycles. The van der Waals surface area contributed by atoms with Gasteiger partial charge in [-0.25, -0.2) is 0 Å². The maximum absolute atomic E-state index is 8.91. The van der Waals surface area contributed by atoms with E-state index in [2.05, 4.69) is 0 Å². The van der Waals surface area contributed by atoms with Crippen molar-refractivity contribution in [1.82, 2.24) is 0 Å². The summed E-state index contributed by atoms with van der Waals surface area (Å²) >= 11 is 0. The van der Waals surface area contributed by atoms with E-state index in [-0.39, 0.29) is 12.1 Å². The summed E-state index contributed by atoms with van der Waals surface area (Å²) in [5.74, 6) is 0.620. The van der Waals surface area contributed by atoms with Gasteiger partial charge in [-0.3, -0.25) is 0 Å². The summed E-state index contributed by atoms with van der Waals surface area (Å²) in [4.78, 5) is 0. The molecule has 0 aromatic heterocycles. The molecule has 3 N–H and O–H groups in total. The van der Waals surface area contributed by atoms with Gasteiger partial charge in [-0.05, 0) is 25.7 Å². The van der Waals surface area contributed by atoms with Crippen LogP contribution in [0.15, 0.2) is 0 Å². The lowest BCUT2D eigenvalue weighted by Gasteiger charge is -2.11. The van der Waals surface area contributed by atoms with E-state index in [4.69, 9.17) is 10.8 Å². The maximum Gasteiger partial charge on any atom is 0.0665 e. The van der Waals surface area contributed by atoms with Crippen molar-refractivity contribution < 1.29 is 5.11 Å². The van der Waals surface area contributed by atoms with Gasteiger partial charge in [0.2, 0.25) is 0 Å². The molecule has 0 heterocycles. The smallest absolute Gasteiger partial charge is 0.0665 e. The molecule has 0 aliphatic heterocycles. The Morgan fingerprint density at radius 3 is 2.25 bits per heavy atom. The lowest BCUT2D eigenvalue weighted by molar-refractivity contribution is 0.154. The highest BCUT2D eigenvalue weighted by molar-refractivity contribution is 4.86. The highest BCUT2D eigenvalue weighted by atomic mass is 16.3. The molecule has 0 aromatic carbocycles. The van der Waals surface area contributed by atoms with Crippen LogP contribution in [-0.2, 0) is 0 Å². The van der Waals surface area contributed by atoms with E-state index < -0.39 is 0 Å². The standard InChI is InChI=1S/C6H13NO/c1-4(8)6(7)5-2-3-5/h4-6,8H,2-3,7H2,1H3/t4-,6-/m1/s1. The van der Waals surface area contributed by atoms with Crippen LogP contribution in [0.25, 0.3) is 0 Å². The highest BCUT2D eigenvalue weighted by Gasteiger charge is 2.30. The van der Waals surface area contributed by atoms with E-state index in [1.807, 2.05) is 0 Å². The minimum atomic E-state index is -0.317. The molecule has 0 amide bonds. The average molecular weight is 115 g/mol. The molecule has 1 rings (SSSR count). The largest absolute Gasteiger partial charge is 0.392 e. The molecular formula is C6H13NO. The van der Waals surface area contributed by atoms with Gasteiger partial charge in [0, 0.05) is 6.04 Å². The van der Waals surface area contributed by atoms with E-state index in [0.717, 1.165) is 0 Å². The van der Waals surface area contributed by atoms with Gasteiger partial charge < -0.3 is 10.8 Å². The van der Waals surface area contributed by atoms with Crippen LogP contribution in [0.1, 0.15) is 19.8 Å². The summed E-state index contributed by atoms with van der Waals surface area (Å²) in [6.45, 7) is 1.75. The number of nitrogens with two attached hydrogens (primary N) is 1. The Bertz CT molecular complexity index is 76.6. The third kappa shape index (κ3) is 1.20. The van der Waals surface area contributed by atoms with Crippen molar-refractivity contribution >= 4 is 0 Å². The van der Waals surface area contributed by atoms with Gasteiger partial charge in [0.1, 0.15) is 0 Å². The van der Waals surface area contributed by atoms with Crippen LogP contribution < -0.4 is 5.73 Å². The molecule has 2 nitrogen and oxygen atoms in total. The van der Waals surface area contributed by atoms with Crippen molar-refractivity contribution in [1.29, 1.82) is 0 Å². The summed E-state index contributed by atoms with van der Waals surface area (Å²) in [5.41, 5.74) is 5.57. The van der Waals surface area contributed by atoms with Crippen LogP contribution in [0.3, 0.4) is 0 Å². The van der Waals surface area contributed by atoms with E-state index in [1.54, 1.807) is 6.92 Å². The molecule has 8 heavy (non-hydrogen) atoms. The Hall–Kier alpha value is -0.0800. The molecule has 1 saturated carbocycles. The first kappa shape index (κ1) is 6.05. The summed E-state index contributed by atoms with van der Waals surface area (Å²) in [6, 6.07) is 0.0370.